The van der Waals surface area contributed by atoms with Crippen molar-refractivity contribution in [3.8, 4) is 5.75 Å². The Balaban J connectivity index is 2.86. The van der Waals surface area contributed by atoms with Crippen LogP contribution in [0.4, 0.5) is 13.2 Å². The minimum absolute atomic E-state index is 0.0194. The van der Waals surface area contributed by atoms with E-state index in [1.54, 1.807) is 6.92 Å². The van der Waals surface area contributed by atoms with Crippen LogP contribution in [0, 0.1) is 6.92 Å². The van der Waals surface area contributed by atoms with Crippen molar-refractivity contribution < 1.29 is 18.3 Å². The number of aryl methyl sites for hydroxylation is 1. The third-order valence-corrected chi connectivity index (χ3v) is 1.67. The lowest BCUT2D eigenvalue weighted by molar-refractivity contribution is -0.127. The van der Waals surface area contributed by atoms with E-state index in [0.717, 1.165) is 0 Å². The number of aromatic hydroxyl groups is 1. The van der Waals surface area contributed by atoms with E-state index in [0.29, 0.717) is 5.56 Å². The minimum Gasteiger partial charge on any atom is -0.508 e. The van der Waals surface area contributed by atoms with Crippen molar-refractivity contribution in [2.24, 2.45) is 0 Å². The Bertz CT molecular complexity index is 304. The third-order valence-electron chi connectivity index (χ3n) is 1.67. The van der Waals surface area contributed by atoms with Crippen molar-refractivity contribution in [2.75, 3.05) is 0 Å². The Morgan fingerprint density at radius 2 is 1.92 bits per heavy atom. The summed E-state index contributed by atoms with van der Waals surface area (Å²) in [6.07, 6.45) is -5.14. The van der Waals surface area contributed by atoms with Crippen molar-refractivity contribution in [3.05, 3.63) is 29.3 Å². The van der Waals surface area contributed by atoms with Crippen LogP contribution in [0.25, 0.3) is 0 Å². The van der Waals surface area contributed by atoms with E-state index in [1.807, 2.05) is 0 Å². The Morgan fingerprint density at radius 3 is 2.38 bits per heavy atom. The van der Waals surface area contributed by atoms with Crippen molar-refractivity contribution in [2.45, 2.75) is 19.5 Å². The first kappa shape index (κ1) is 9.89. The number of halogens is 3. The molecule has 0 radical (unpaired) electrons. The number of hydrogen-bond donors (Lipinski definition) is 1. The highest BCUT2D eigenvalue weighted by Gasteiger charge is 2.27. The number of phenolic OH excluding ortho intramolecular Hbond substituents is 1. The summed E-state index contributed by atoms with van der Waals surface area (Å²) in [5, 5.41) is 9.06. The topological polar surface area (TPSA) is 20.2 Å². The fraction of sp³-hybridized carbons (Fsp3) is 0.333. The van der Waals surface area contributed by atoms with Crippen LogP contribution in [0.15, 0.2) is 18.2 Å². The van der Waals surface area contributed by atoms with Gasteiger partial charge in [0.05, 0.1) is 6.42 Å². The van der Waals surface area contributed by atoms with Gasteiger partial charge < -0.3 is 5.11 Å². The van der Waals surface area contributed by atoms with Gasteiger partial charge in [-0.3, -0.25) is 0 Å². The predicted octanol–water partition coefficient (Wildman–Crippen LogP) is 2.81. The van der Waals surface area contributed by atoms with Gasteiger partial charge in [0.1, 0.15) is 5.75 Å². The molecule has 4 heteroatoms. The van der Waals surface area contributed by atoms with Gasteiger partial charge in [0.25, 0.3) is 0 Å². The molecule has 13 heavy (non-hydrogen) atoms. The third kappa shape index (κ3) is 2.97. The summed E-state index contributed by atoms with van der Waals surface area (Å²) in [5.41, 5.74) is 0.629. The lowest BCUT2D eigenvalue weighted by atomic mass is 10.1. The molecule has 1 aromatic carbocycles. The maximum Gasteiger partial charge on any atom is 0.393 e. The molecule has 0 aliphatic rings. The Hall–Kier alpha value is -1.19. The van der Waals surface area contributed by atoms with Crippen LogP contribution in [0.3, 0.4) is 0 Å². The first-order chi connectivity index (χ1) is 5.88. The van der Waals surface area contributed by atoms with Crippen molar-refractivity contribution in [1.82, 2.24) is 0 Å². The lowest BCUT2D eigenvalue weighted by Crippen LogP contribution is -2.11. The first-order valence-electron chi connectivity index (χ1n) is 3.74. The average molecular weight is 190 g/mol. The van der Waals surface area contributed by atoms with Gasteiger partial charge in [0.2, 0.25) is 0 Å². The van der Waals surface area contributed by atoms with Gasteiger partial charge in [0.15, 0.2) is 0 Å². The summed E-state index contributed by atoms with van der Waals surface area (Å²) >= 11 is 0. The molecule has 72 valence electrons. The minimum atomic E-state index is -4.19. The highest BCUT2D eigenvalue weighted by molar-refractivity contribution is 5.35. The van der Waals surface area contributed by atoms with Crippen LogP contribution in [-0.2, 0) is 6.42 Å². The molecular formula is C9H9F3O. The molecule has 0 heterocycles. The molecule has 0 aliphatic carbocycles. The molecule has 0 fully saturated rings. The van der Waals surface area contributed by atoms with Crippen LogP contribution in [-0.4, -0.2) is 11.3 Å². The molecular weight excluding hydrogens is 181 g/mol. The molecule has 1 N–H and O–H groups in total. The molecule has 1 aromatic rings. The molecule has 0 aromatic heterocycles. The molecule has 0 unspecified atom stereocenters. The zero-order valence-corrected chi connectivity index (χ0v) is 7.02. The molecule has 1 nitrogen and oxygen atoms in total. The maximum absolute atomic E-state index is 11.9. The quantitative estimate of drug-likeness (QED) is 0.721. The highest BCUT2D eigenvalue weighted by Crippen LogP contribution is 2.24. The van der Waals surface area contributed by atoms with Gasteiger partial charge in [0, 0.05) is 0 Å². The van der Waals surface area contributed by atoms with Crippen LogP contribution in [0.5, 0.6) is 5.75 Å². The van der Waals surface area contributed by atoms with Gasteiger partial charge in [-0.2, -0.15) is 13.2 Å². The predicted molar refractivity (Wildman–Crippen MR) is 42.6 cm³/mol. The Labute approximate surface area is 73.8 Å². The normalized spacial score (nSPS) is 11.7. The summed E-state index contributed by atoms with van der Waals surface area (Å²) in [5.74, 6) is 0.0194. The molecule has 0 bridgehead atoms. The van der Waals surface area contributed by atoms with Crippen molar-refractivity contribution >= 4 is 0 Å². The summed E-state index contributed by atoms with van der Waals surface area (Å²) in [4.78, 5) is 0. The number of alkyl halides is 3. The number of benzene rings is 1. The van der Waals surface area contributed by atoms with Gasteiger partial charge in [-0.15, -0.1) is 0 Å². The molecule has 0 saturated heterocycles. The van der Waals surface area contributed by atoms with Crippen molar-refractivity contribution in [3.63, 3.8) is 0 Å². The highest BCUT2D eigenvalue weighted by atomic mass is 19.4. The second-order valence-electron chi connectivity index (χ2n) is 2.91. The van der Waals surface area contributed by atoms with E-state index >= 15 is 0 Å². The van der Waals surface area contributed by atoms with E-state index in [1.165, 1.54) is 18.2 Å². The summed E-state index contributed by atoms with van der Waals surface area (Å²) in [6, 6.07) is 3.88. The van der Waals surface area contributed by atoms with E-state index in [4.69, 9.17) is 5.11 Å². The first-order valence-corrected chi connectivity index (χ1v) is 3.74. The molecule has 0 spiro atoms. The zero-order valence-electron chi connectivity index (χ0n) is 7.02. The van der Waals surface area contributed by atoms with E-state index in [2.05, 4.69) is 0 Å². The molecule has 0 atom stereocenters. The van der Waals surface area contributed by atoms with Crippen LogP contribution in [0.2, 0.25) is 0 Å². The maximum atomic E-state index is 11.9. The van der Waals surface area contributed by atoms with Crippen molar-refractivity contribution in [1.29, 1.82) is 0 Å². The number of rotatable bonds is 1. The summed E-state index contributed by atoms with van der Waals surface area (Å²) < 4.78 is 35.7. The summed E-state index contributed by atoms with van der Waals surface area (Å²) in [6.45, 7) is 1.56. The molecule has 0 aliphatic heterocycles. The summed E-state index contributed by atoms with van der Waals surface area (Å²) in [7, 11) is 0. The monoisotopic (exact) mass is 190 g/mol. The van der Waals surface area contributed by atoms with Gasteiger partial charge in [-0.25, -0.2) is 0 Å². The molecule has 0 saturated carbocycles. The van der Waals surface area contributed by atoms with E-state index in [-0.39, 0.29) is 11.3 Å². The van der Waals surface area contributed by atoms with Crippen LogP contribution in [0.1, 0.15) is 11.1 Å². The van der Waals surface area contributed by atoms with E-state index < -0.39 is 12.6 Å². The Morgan fingerprint density at radius 1 is 1.31 bits per heavy atom. The fourth-order valence-corrected chi connectivity index (χ4v) is 1.06. The zero-order chi connectivity index (χ0) is 10.1. The molecule has 0 amide bonds. The second kappa shape index (κ2) is 3.28. The second-order valence-corrected chi connectivity index (χ2v) is 2.91. The largest absolute Gasteiger partial charge is 0.508 e. The number of phenols is 1. The van der Waals surface area contributed by atoms with E-state index in [9.17, 15) is 13.2 Å². The van der Waals surface area contributed by atoms with Gasteiger partial charge in [-0.1, -0.05) is 12.1 Å². The smallest absolute Gasteiger partial charge is 0.393 e. The number of hydrogen-bond acceptors (Lipinski definition) is 1. The fourth-order valence-electron chi connectivity index (χ4n) is 1.06. The van der Waals surface area contributed by atoms with Crippen LogP contribution >= 0.6 is 0 Å². The standard InChI is InChI=1S/C9H9F3O/c1-6-4-7(2-3-8(6)13)5-9(10,11)12/h2-4,13H,5H2,1H3. The van der Waals surface area contributed by atoms with Gasteiger partial charge >= 0.3 is 6.18 Å². The van der Waals surface area contributed by atoms with Crippen LogP contribution < -0.4 is 0 Å². The average Bonchev–Trinajstić information content (AvgIpc) is 1.94. The Kier molecular flexibility index (Phi) is 2.50. The lowest BCUT2D eigenvalue weighted by Gasteiger charge is -2.07. The SMILES string of the molecule is Cc1cc(CC(F)(F)F)ccc1O. The van der Waals surface area contributed by atoms with Gasteiger partial charge in [-0.05, 0) is 24.1 Å². The molecule has 1 rings (SSSR count).